The highest BCUT2D eigenvalue weighted by atomic mass is 14.5. The van der Waals surface area contributed by atoms with Crippen molar-refractivity contribution < 1.29 is 0 Å². The number of unbranched alkanes of at least 4 members (excludes halogenated alkanes) is 15. The summed E-state index contributed by atoms with van der Waals surface area (Å²) in [5.74, 6) is 0. The van der Waals surface area contributed by atoms with Gasteiger partial charge in [0.2, 0.25) is 0 Å². The zero-order valence-electron chi connectivity index (χ0n) is 15.7. The van der Waals surface area contributed by atoms with Gasteiger partial charge in [-0.1, -0.05) is 82.4 Å². The van der Waals surface area contributed by atoms with Gasteiger partial charge in [0, 0.05) is 0 Å². The lowest BCUT2D eigenvalue weighted by molar-refractivity contribution is 0.581. The van der Waals surface area contributed by atoms with E-state index in [1.807, 2.05) is 6.08 Å². The lowest BCUT2D eigenvalue weighted by Gasteiger charge is -2.00. The summed E-state index contributed by atoms with van der Waals surface area (Å²) in [5, 5.41) is 0. The van der Waals surface area contributed by atoms with E-state index < -0.39 is 0 Å². The van der Waals surface area contributed by atoms with Crippen molar-refractivity contribution >= 4 is 0 Å². The Morgan fingerprint density at radius 1 is 0.478 bits per heavy atom. The van der Waals surface area contributed by atoms with Crippen molar-refractivity contribution in [2.75, 3.05) is 6.54 Å². The first kappa shape index (κ1) is 22.4. The molecule has 0 aliphatic rings. The molecule has 0 spiro atoms. The highest BCUT2D eigenvalue weighted by Gasteiger charge is 1.92. The van der Waals surface area contributed by atoms with Gasteiger partial charge >= 0.3 is 0 Å². The van der Waals surface area contributed by atoms with Gasteiger partial charge in [-0.05, 0) is 51.5 Å². The van der Waals surface area contributed by atoms with Gasteiger partial charge in [0.05, 0.1) is 0 Å². The SMILES string of the molecule is C=CCCCCCCCCC/C=C\CCCCCCCCCN. The van der Waals surface area contributed by atoms with Gasteiger partial charge in [0.15, 0.2) is 0 Å². The molecule has 23 heavy (non-hydrogen) atoms. The average Bonchev–Trinajstić information content (AvgIpc) is 2.57. The third kappa shape index (κ3) is 21.4. The fraction of sp³-hybridized carbons (Fsp3) is 0.818. The van der Waals surface area contributed by atoms with Gasteiger partial charge in [-0.15, -0.1) is 6.58 Å². The van der Waals surface area contributed by atoms with Crippen molar-refractivity contribution in [3.05, 3.63) is 24.8 Å². The summed E-state index contributed by atoms with van der Waals surface area (Å²) in [4.78, 5) is 0. The summed E-state index contributed by atoms with van der Waals surface area (Å²) in [5.41, 5.74) is 5.49. The molecule has 0 bridgehead atoms. The van der Waals surface area contributed by atoms with Crippen molar-refractivity contribution in [2.45, 2.75) is 109 Å². The first-order chi connectivity index (χ1) is 11.4. The Morgan fingerprint density at radius 2 is 0.826 bits per heavy atom. The predicted molar refractivity (Wildman–Crippen MR) is 107 cm³/mol. The molecule has 0 rings (SSSR count). The van der Waals surface area contributed by atoms with E-state index in [1.165, 1.54) is 109 Å². The van der Waals surface area contributed by atoms with E-state index in [4.69, 9.17) is 5.73 Å². The van der Waals surface area contributed by atoms with Crippen molar-refractivity contribution in [3.8, 4) is 0 Å². The van der Waals surface area contributed by atoms with Gasteiger partial charge < -0.3 is 5.73 Å². The van der Waals surface area contributed by atoms with E-state index in [1.54, 1.807) is 0 Å². The highest BCUT2D eigenvalue weighted by molar-refractivity contribution is 4.81. The first-order valence-corrected chi connectivity index (χ1v) is 10.4. The van der Waals surface area contributed by atoms with Crippen LogP contribution in [0.1, 0.15) is 109 Å². The van der Waals surface area contributed by atoms with Crippen LogP contribution in [-0.2, 0) is 0 Å². The van der Waals surface area contributed by atoms with Crippen molar-refractivity contribution in [1.82, 2.24) is 0 Å². The molecule has 136 valence electrons. The highest BCUT2D eigenvalue weighted by Crippen LogP contribution is 2.11. The number of hydrogen-bond acceptors (Lipinski definition) is 1. The molecule has 1 heteroatoms. The molecular weight excluding hydrogens is 278 g/mol. The van der Waals surface area contributed by atoms with Gasteiger partial charge in [0.25, 0.3) is 0 Å². The number of rotatable bonds is 19. The maximum atomic E-state index is 5.49. The van der Waals surface area contributed by atoms with Crippen LogP contribution >= 0.6 is 0 Å². The van der Waals surface area contributed by atoms with E-state index in [0.717, 1.165) is 6.54 Å². The predicted octanol–water partition coefficient (Wildman–Crippen LogP) is 7.32. The Bertz CT molecular complexity index is 244. The zero-order valence-corrected chi connectivity index (χ0v) is 15.7. The maximum absolute atomic E-state index is 5.49. The third-order valence-electron chi connectivity index (χ3n) is 4.52. The van der Waals surface area contributed by atoms with Crippen LogP contribution in [0.5, 0.6) is 0 Å². The minimum atomic E-state index is 0.862. The van der Waals surface area contributed by atoms with Crippen LogP contribution in [0.3, 0.4) is 0 Å². The number of allylic oxidation sites excluding steroid dienone is 3. The van der Waals surface area contributed by atoms with Crippen LogP contribution in [0.15, 0.2) is 24.8 Å². The quantitative estimate of drug-likeness (QED) is 0.196. The van der Waals surface area contributed by atoms with Crippen molar-refractivity contribution in [3.63, 3.8) is 0 Å². The molecule has 0 radical (unpaired) electrons. The van der Waals surface area contributed by atoms with E-state index in [9.17, 15) is 0 Å². The molecule has 0 aliphatic carbocycles. The molecule has 0 saturated heterocycles. The molecule has 2 N–H and O–H groups in total. The molecule has 0 fully saturated rings. The average molecular weight is 322 g/mol. The molecule has 0 saturated carbocycles. The zero-order chi connectivity index (χ0) is 16.8. The molecular formula is C22H43N. The van der Waals surface area contributed by atoms with Gasteiger partial charge in [-0.25, -0.2) is 0 Å². The monoisotopic (exact) mass is 321 g/mol. The van der Waals surface area contributed by atoms with Crippen LogP contribution < -0.4 is 5.73 Å². The second-order valence-electron chi connectivity index (χ2n) is 6.86. The summed E-state index contributed by atoms with van der Waals surface area (Å²) < 4.78 is 0. The lowest BCUT2D eigenvalue weighted by Crippen LogP contribution is -1.97. The van der Waals surface area contributed by atoms with Crippen LogP contribution in [0.4, 0.5) is 0 Å². The van der Waals surface area contributed by atoms with Crippen LogP contribution in [0.25, 0.3) is 0 Å². The molecule has 0 amide bonds. The Hall–Kier alpha value is -0.560. The first-order valence-electron chi connectivity index (χ1n) is 10.4. The molecule has 0 aromatic carbocycles. The number of hydrogen-bond donors (Lipinski definition) is 1. The Kier molecular flexibility index (Phi) is 20.9. The molecule has 0 aromatic heterocycles. The van der Waals surface area contributed by atoms with Crippen molar-refractivity contribution in [2.24, 2.45) is 5.73 Å². The smallest absolute Gasteiger partial charge is 0.00773 e. The van der Waals surface area contributed by atoms with E-state index in [-0.39, 0.29) is 0 Å². The second-order valence-corrected chi connectivity index (χ2v) is 6.86. The summed E-state index contributed by atoms with van der Waals surface area (Å²) in [6, 6.07) is 0. The van der Waals surface area contributed by atoms with Gasteiger partial charge in [-0.2, -0.15) is 0 Å². The number of nitrogens with two attached hydrogens (primary N) is 1. The normalized spacial score (nSPS) is 11.3. The minimum absolute atomic E-state index is 0.862. The fourth-order valence-corrected chi connectivity index (χ4v) is 2.96. The topological polar surface area (TPSA) is 26.0 Å². The van der Waals surface area contributed by atoms with Gasteiger partial charge in [0.1, 0.15) is 0 Å². The standard InChI is InChI=1S/C22H43N/c1-2-3-4-5-6-7-8-9-10-11-12-13-14-15-16-17-18-19-20-21-22-23/h2,12-13H,1,3-11,14-23H2/b13-12-. The summed E-state index contributed by atoms with van der Waals surface area (Å²) in [6.07, 6.45) is 29.9. The fourth-order valence-electron chi connectivity index (χ4n) is 2.96. The third-order valence-corrected chi connectivity index (χ3v) is 4.52. The van der Waals surface area contributed by atoms with Gasteiger partial charge in [-0.3, -0.25) is 0 Å². The largest absolute Gasteiger partial charge is 0.330 e. The Balaban J connectivity index is 3.04. The van der Waals surface area contributed by atoms with E-state index in [0.29, 0.717) is 0 Å². The molecule has 0 heterocycles. The van der Waals surface area contributed by atoms with Crippen LogP contribution in [0.2, 0.25) is 0 Å². The molecule has 0 atom stereocenters. The van der Waals surface area contributed by atoms with Crippen LogP contribution in [0, 0.1) is 0 Å². The van der Waals surface area contributed by atoms with Crippen LogP contribution in [-0.4, -0.2) is 6.54 Å². The molecule has 0 unspecified atom stereocenters. The summed E-state index contributed by atoms with van der Waals surface area (Å²) in [7, 11) is 0. The second kappa shape index (κ2) is 21.4. The Labute approximate surface area is 146 Å². The Morgan fingerprint density at radius 3 is 1.22 bits per heavy atom. The molecule has 0 aliphatic heterocycles. The van der Waals surface area contributed by atoms with E-state index in [2.05, 4.69) is 18.7 Å². The minimum Gasteiger partial charge on any atom is -0.330 e. The molecule has 1 nitrogen and oxygen atoms in total. The summed E-state index contributed by atoms with van der Waals surface area (Å²) in [6.45, 7) is 4.63. The van der Waals surface area contributed by atoms with E-state index >= 15 is 0 Å². The summed E-state index contributed by atoms with van der Waals surface area (Å²) >= 11 is 0. The van der Waals surface area contributed by atoms with Crippen molar-refractivity contribution in [1.29, 1.82) is 0 Å². The lowest BCUT2D eigenvalue weighted by atomic mass is 10.1. The molecule has 0 aromatic rings. The maximum Gasteiger partial charge on any atom is -0.00773 e.